The van der Waals surface area contributed by atoms with E-state index in [1.165, 1.54) is 32.3 Å². The Hall–Kier alpha value is -0.810. The SMILES string of the molecule is CCCN(CC(F)F)C(=O)c1cc(S(=O)(=O)N(C)C)ccc1I. The monoisotopic (exact) mass is 460 g/mol. The first kappa shape index (κ1) is 20.2. The maximum atomic E-state index is 12.7. The van der Waals surface area contributed by atoms with Gasteiger partial charge in [0, 0.05) is 24.2 Å². The van der Waals surface area contributed by atoms with Gasteiger partial charge in [-0.15, -0.1) is 0 Å². The van der Waals surface area contributed by atoms with Crippen molar-refractivity contribution in [3.8, 4) is 0 Å². The van der Waals surface area contributed by atoms with Crippen LogP contribution in [-0.4, -0.2) is 57.1 Å². The molecule has 0 bridgehead atoms. The minimum atomic E-state index is -3.70. The quantitative estimate of drug-likeness (QED) is 0.589. The Morgan fingerprint density at radius 2 is 1.91 bits per heavy atom. The fourth-order valence-corrected chi connectivity index (χ4v) is 3.42. The molecule has 5 nitrogen and oxygen atoms in total. The molecule has 0 aliphatic carbocycles. The lowest BCUT2D eigenvalue weighted by Crippen LogP contribution is -2.36. The minimum absolute atomic E-state index is 0.0419. The zero-order valence-corrected chi connectivity index (χ0v) is 16.1. The zero-order valence-electron chi connectivity index (χ0n) is 13.1. The number of carbonyl (C=O) groups is 1. The van der Waals surface area contributed by atoms with E-state index in [-0.39, 0.29) is 17.0 Å². The second-order valence-electron chi connectivity index (χ2n) is 5.07. The van der Waals surface area contributed by atoms with E-state index in [1.54, 1.807) is 6.92 Å². The molecular weight excluding hydrogens is 441 g/mol. The van der Waals surface area contributed by atoms with Crippen molar-refractivity contribution in [2.24, 2.45) is 0 Å². The average Bonchev–Trinajstić information content (AvgIpc) is 2.45. The van der Waals surface area contributed by atoms with Crippen LogP contribution in [0.25, 0.3) is 0 Å². The summed E-state index contributed by atoms with van der Waals surface area (Å²) in [7, 11) is -0.932. The predicted octanol–water partition coefficient (Wildman–Crippen LogP) is 2.66. The summed E-state index contributed by atoms with van der Waals surface area (Å²) >= 11 is 1.89. The first-order chi connectivity index (χ1) is 10.6. The van der Waals surface area contributed by atoms with Gasteiger partial charge in [0.2, 0.25) is 10.0 Å². The van der Waals surface area contributed by atoms with Crippen molar-refractivity contribution in [3.63, 3.8) is 0 Å². The largest absolute Gasteiger partial charge is 0.333 e. The topological polar surface area (TPSA) is 57.7 Å². The molecule has 0 atom stereocenters. The maximum absolute atomic E-state index is 12.7. The summed E-state index contributed by atoms with van der Waals surface area (Å²) < 4.78 is 51.2. The second-order valence-corrected chi connectivity index (χ2v) is 8.39. The first-order valence-corrected chi connectivity index (χ1v) is 9.42. The summed E-state index contributed by atoms with van der Waals surface area (Å²) in [5.41, 5.74) is 0.114. The molecule has 0 saturated heterocycles. The van der Waals surface area contributed by atoms with Gasteiger partial charge in [-0.25, -0.2) is 21.5 Å². The molecule has 1 rings (SSSR count). The highest BCUT2D eigenvalue weighted by atomic mass is 127. The third-order valence-electron chi connectivity index (χ3n) is 3.09. The lowest BCUT2D eigenvalue weighted by atomic mass is 10.2. The molecule has 1 amide bonds. The number of benzene rings is 1. The molecule has 130 valence electrons. The fourth-order valence-electron chi connectivity index (χ4n) is 1.92. The van der Waals surface area contributed by atoms with Crippen LogP contribution in [0.3, 0.4) is 0 Å². The summed E-state index contributed by atoms with van der Waals surface area (Å²) in [6.07, 6.45) is -2.11. The van der Waals surface area contributed by atoms with Crippen LogP contribution in [0.1, 0.15) is 23.7 Å². The number of halogens is 3. The van der Waals surface area contributed by atoms with Gasteiger partial charge in [0.25, 0.3) is 12.3 Å². The number of hydrogen-bond donors (Lipinski definition) is 0. The van der Waals surface area contributed by atoms with Crippen molar-refractivity contribution in [1.29, 1.82) is 0 Å². The summed E-state index contributed by atoms with van der Waals surface area (Å²) in [6, 6.07) is 4.13. The van der Waals surface area contributed by atoms with Crippen LogP contribution in [0.4, 0.5) is 8.78 Å². The molecule has 0 unspecified atom stereocenters. The predicted molar refractivity (Wildman–Crippen MR) is 92.2 cm³/mol. The Morgan fingerprint density at radius 3 is 2.39 bits per heavy atom. The van der Waals surface area contributed by atoms with E-state index in [4.69, 9.17) is 0 Å². The Bertz CT molecular complexity index is 666. The van der Waals surface area contributed by atoms with Gasteiger partial charge in [0.1, 0.15) is 0 Å². The van der Waals surface area contributed by atoms with Crippen LogP contribution in [0.5, 0.6) is 0 Å². The first-order valence-electron chi connectivity index (χ1n) is 6.90. The molecule has 0 fully saturated rings. The molecular formula is C14H19F2IN2O3S. The van der Waals surface area contributed by atoms with Gasteiger partial charge in [-0.2, -0.15) is 0 Å². The molecule has 1 aromatic carbocycles. The summed E-state index contributed by atoms with van der Waals surface area (Å²) in [4.78, 5) is 13.5. The van der Waals surface area contributed by atoms with Crippen LogP contribution >= 0.6 is 22.6 Å². The third-order valence-corrected chi connectivity index (χ3v) is 5.84. The summed E-state index contributed by atoms with van der Waals surface area (Å²) in [6.45, 7) is 1.29. The van der Waals surface area contributed by atoms with E-state index in [0.717, 1.165) is 9.21 Å². The Kier molecular flexibility index (Phi) is 7.33. The van der Waals surface area contributed by atoms with Crippen molar-refractivity contribution >= 4 is 38.5 Å². The number of sulfonamides is 1. The summed E-state index contributed by atoms with van der Waals surface area (Å²) in [5, 5.41) is 0. The van der Waals surface area contributed by atoms with Gasteiger partial charge in [-0.05, 0) is 47.2 Å². The van der Waals surface area contributed by atoms with Crippen LogP contribution < -0.4 is 0 Å². The lowest BCUT2D eigenvalue weighted by Gasteiger charge is -2.23. The van der Waals surface area contributed by atoms with Crippen molar-refractivity contribution in [2.45, 2.75) is 24.7 Å². The second kappa shape index (κ2) is 8.34. The van der Waals surface area contributed by atoms with Crippen LogP contribution in [0.2, 0.25) is 0 Å². The normalized spacial score (nSPS) is 12.0. The Morgan fingerprint density at radius 1 is 1.30 bits per heavy atom. The fraction of sp³-hybridized carbons (Fsp3) is 0.500. The number of carbonyl (C=O) groups excluding carboxylic acids is 1. The highest BCUT2D eigenvalue weighted by Crippen LogP contribution is 2.22. The maximum Gasteiger partial charge on any atom is 0.255 e. The average molecular weight is 460 g/mol. The molecule has 0 saturated carbocycles. The number of alkyl halides is 2. The number of nitrogens with zero attached hydrogens (tertiary/aromatic N) is 2. The van der Waals surface area contributed by atoms with Gasteiger partial charge in [-0.1, -0.05) is 6.92 Å². The van der Waals surface area contributed by atoms with Gasteiger partial charge in [-0.3, -0.25) is 4.79 Å². The smallest absolute Gasteiger partial charge is 0.255 e. The van der Waals surface area contributed by atoms with Gasteiger partial charge in [0.05, 0.1) is 17.0 Å². The standard InChI is InChI=1S/C14H19F2IN2O3S/c1-4-7-19(9-13(15)16)14(20)11-8-10(5-6-12(11)17)23(21,22)18(2)3/h5-6,8,13H,4,7,9H2,1-3H3. The Balaban J connectivity index is 3.28. The van der Waals surface area contributed by atoms with E-state index in [0.29, 0.717) is 9.99 Å². The summed E-state index contributed by atoms with van der Waals surface area (Å²) in [5.74, 6) is -0.590. The highest BCUT2D eigenvalue weighted by molar-refractivity contribution is 14.1. The number of amides is 1. The molecule has 0 aliphatic heterocycles. The van der Waals surface area contributed by atoms with Gasteiger partial charge >= 0.3 is 0 Å². The van der Waals surface area contributed by atoms with E-state index in [9.17, 15) is 22.0 Å². The number of hydrogen-bond acceptors (Lipinski definition) is 3. The zero-order chi connectivity index (χ0) is 17.8. The molecule has 1 aromatic rings. The van der Waals surface area contributed by atoms with E-state index in [1.807, 2.05) is 22.6 Å². The Labute approximate surface area is 148 Å². The molecule has 0 aliphatic rings. The van der Waals surface area contributed by atoms with Crippen LogP contribution in [0, 0.1) is 3.57 Å². The third kappa shape index (κ3) is 5.08. The van der Waals surface area contributed by atoms with Crippen LogP contribution in [0.15, 0.2) is 23.1 Å². The van der Waals surface area contributed by atoms with E-state index in [2.05, 4.69) is 0 Å². The van der Waals surface area contributed by atoms with Crippen molar-refractivity contribution in [1.82, 2.24) is 9.21 Å². The molecule has 0 heterocycles. The van der Waals surface area contributed by atoms with Gasteiger partial charge < -0.3 is 4.90 Å². The molecule has 0 spiro atoms. The van der Waals surface area contributed by atoms with Crippen LogP contribution in [-0.2, 0) is 10.0 Å². The van der Waals surface area contributed by atoms with Gasteiger partial charge in [0.15, 0.2) is 0 Å². The molecule has 0 aromatic heterocycles. The van der Waals surface area contributed by atoms with Crippen molar-refractivity contribution in [3.05, 3.63) is 27.3 Å². The van der Waals surface area contributed by atoms with E-state index < -0.39 is 28.9 Å². The molecule has 0 radical (unpaired) electrons. The minimum Gasteiger partial charge on any atom is -0.333 e. The van der Waals surface area contributed by atoms with E-state index >= 15 is 0 Å². The molecule has 0 N–H and O–H groups in total. The number of rotatable bonds is 7. The lowest BCUT2D eigenvalue weighted by molar-refractivity contribution is 0.0554. The molecule has 9 heteroatoms. The van der Waals surface area contributed by atoms with Crippen molar-refractivity contribution in [2.75, 3.05) is 27.2 Å². The highest BCUT2D eigenvalue weighted by Gasteiger charge is 2.24. The van der Waals surface area contributed by atoms with Crippen molar-refractivity contribution < 1.29 is 22.0 Å². The molecule has 23 heavy (non-hydrogen) atoms.